The summed E-state index contributed by atoms with van der Waals surface area (Å²) < 4.78 is 17.6. The molecule has 0 radical (unpaired) electrons. The number of aromatic nitrogens is 5. The zero-order valence-corrected chi connectivity index (χ0v) is 26.8. The average Bonchev–Trinajstić information content (AvgIpc) is 3.87. The molecule has 2 aromatic carbocycles. The van der Waals surface area contributed by atoms with Gasteiger partial charge >= 0.3 is 0 Å². The van der Waals surface area contributed by atoms with Crippen molar-refractivity contribution < 1.29 is 9.18 Å². The molecule has 1 spiro atoms. The maximum absolute atomic E-state index is 14.4. The molecule has 1 saturated carbocycles. The van der Waals surface area contributed by atoms with Gasteiger partial charge in [0.05, 0.1) is 28.6 Å². The van der Waals surface area contributed by atoms with Crippen LogP contribution in [0.3, 0.4) is 0 Å². The van der Waals surface area contributed by atoms with Crippen LogP contribution in [0.2, 0.25) is 10.0 Å². The van der Waals surface area contributed by atoms with Gasteiger partial charge in [-0.25, -0.2) is 14.4 Å². The number of nitrogens with one attached hydrogen (secondary N) is 2. The molecule has 1 amide bonds. The second-order valence-corrected chi connectivity index (χ2v) is 14.3. The first-order valence-corrected chi connectivity index (χ1v) is 17.1. The fourth-order valence-electron chi connectivity index (χ4n) is 7.65. The van der Waals surface area contributed by atoms with Gasteiger partial charge in [-0.1, -0.05) is 47.5 Å². The topological polar surface area (TPSA) is 89.7 Å². The van der Waals surface area contributed by atoms with Gasteiger partial charge in [-0.3, -0.25) is 14.8 Å². The molecule has 2 aliphatic heterocycles. The van der Waals surface area contributed by atoms with Crippen LogP contribution in [0.4, 0.5) is 9.52 Å². The van der Waals surface area contributed by atoms with Gasteiger partial charge < -0.3 is 9.88 Å². The number of carbonyl (C=O) groups is 1. The number of alkyl halides is 1. The van der Waals surface area contributed by atoms with Crippen molar-refractivity contribution in [1.29, 1.82) is 0 Å². The summed E-state index contributed by atoms with van der Waals surface area (Å²) >= 11 is 15.2. The number of anilines is 1. The molecule has 45 heavy (non-hydrogen) atoms. The molecule has 1 aliphatic carbocycles. The normalized spacial score (nSPS) is 21.4. The summed E-state index contributed by atoms with van der Waals surface area (Å²) in [6.07, 6.45) is 10.4. The number of fused-ring (bicyclic) bond motifs is 2. The maximum atomic E-state index is 14.4. The Morgan fingerprint density at radius 1 is 1.16 bits per heavy atom. The fraction of sp³-hybridized carbons (Fsp3) is 0.394. The standard InChI is InChI=1S/C33H32Cl2FN7OS/c34-25-14-23(20-3-1-19(2-4-20)21-5-6-33(15-21)7-9-37-10-8-33)27(35)28-24(25)17-43(41-28)30(31(44)40-32-38-11-12-45-32)29-26-13-22(36)16-42(26)18-39-29/h1-4,11-12,14,17-18,21-22,30,37H,5-10,13,15-16H2,(H,38,40,44)/t21?,22-,30?/m1/s1. The first-order chi connectivity index (χ1) is 21.9. The number of amides is 1. The predicted octanol–water partition coefficient (Wildman–Crippen LogP) is 7.42. The van der Waals surface area contributed by atoms with E-state index < -0.39 is 12.2 Å². The first-order valence-electron chi connectivity index (χ1n) is 15.4. The van der Waals surface area contributed by atoms with E-state index in [9.17, 15) is 9.18 Å². The third-order valence-corrected chi connectivity index (χ3v) is 11.4. The molecule has 8 nitrogen and oxygen atoms in total. The predicted molar refractivity (Wildman–Crippen MR) is 176 cm³/mol. The quantitative estimate of drug-likeness (QED) is 0.197. The second-order valence-electron chi connectivity index (χ2n) is 12.7. The Morgan fingerprint density at radius 2 is 1.98 bits per heavy atom. The minimum atomic E-state index is -1.03. The Kier molecular flexibility index (Phi) is 7.43. The summed E-state index contributed by atoms with van der Waals surface area (Å²) in [5.74, 6) is 0.196. The summed E-state index contributed by atoms with van der Waals surface area (Å²) in [4.78, 5) is 22.5. The SMILES string of the molecule is O=C(Nc1nccs1)C(c1ncn2c1C[C@@H](F)C2)n1cc2c(Cl)cc(-c3ccc(C4CCC5(CCNCC5)C4)cc3)c(Cl)c2n1. The van der Waals surface area contributed by atoms with E-state index in [0.717, 1.165) is 24.2 Å². The lowest BCUT2D eigenvalue weighted by Gasteiger charge is -2.34. The molecule has 5 heterocycles. The van der Waals surface area contributed by atoms with Crippen molar-refractivity contribution in [3.8, 4) is 11.1 Å². The van der Waals surface area contributed by atoms with Crippen molar-refractivity contribution in [2.45, 2.75) is 63.2 Å². The van der Waals surface area contributed by atoms with E-state index in [2.05, 4.69) is 44.9 Å². The number of benzene rings is 2. The van der Waals surface area contributed by atoms with Crippen molar-refractivity contribution in [1.82, 2.24) is 29.6 Å². The highest BCUT2D eigenvalue weighted by Gasteiger charge is 2.40. The van der Waals surface area contributed by atoms with Crippen molar-refractivity contribution in [2.75, 3.05) is 18.4 Å². The van der Waals surface area contributed by atoms with Crippen LogP contribution >= 0.6 is 34.5 Å². The highest BCUT2D eigenvalue weighted by molar-refractivity contribution is 7.13. The zero-order valence-electron chi connectivity index (χ0n) is 24.5. The van der Waals surface area contributed by atoms with E-state index in [1.165, 1.54) is 53.7 Å². The second kappa shape index (κ2) is 11.5. The molecule has 5 aromatic rings. The maximum Gasteiger partial charge on any atom is 0.257 e. The van der Waals surface area contributed by atoms with E-state index in [4.69, 9.17) is 28.3 Å². The van der Waals surface area contributed by atoms with E-state index in [1.54, 1.807) is 28.7 Å². The van der Waals surface area contributed by atoms with Crippen LogP contribution < -0.4 is 10.6 Å². The number of halogens is 3. The number of rotatable bonds is 6. The Hall–Kier alpha value is -3.31. The van der Waals surface area contributed by atoms with Crippen molar-refractivity contribution >= 4 is 56.5 Å². The van der Waals surface area contributed by atoms with Gasteiger partial charge in [-0.2, -0.15) is 5.10 Å². The molecule has 2 fully saturated rings. The molecule has 3 aromatic heterocycles. The van der Waals surface area contributed by atoms with Crippen LogP contribution in [0.1, 0.15) is 61.0 Å². The van der Waals surface area contributed by atoms with Crippen LogP contribution in [0, 0.1) is 5.41 Å². The van der Waals surface area contributed by atoms with Gasteiger partial charge in [0.15, 0.2) is 11.2 Å². The van der Waals surface area contributed by atoms with Crippen LogP contribution in [-0.2, 0) is 17.8 Å². The Labute approximate surface area is 274 Å². The molecular formula is C33H32Cl2FN7OS. The lowest BCUT2D eigenvalue weighted by atomic mass is 9.76. The third kappa shape index (κ3) is 5.25. The van der Waals surface area contributed by atoms with Gasteiger partial charge in [-0.15, -0.1) is 11.3 Å². The molecule has 2 N–H and O–H groups in total. The summed E-state index contributed by atoms with van der Waals surface area (Å²) in [7, 11) is 0. The Morgan fingerprint density at radius 3 is 2.76 bits per heavy atom. The third-order valence-electron chi connectivity index (χ3n) is 9.99. The van der Waals surface area contributed by atoms with Gasteiger partial charge in [0, 0.05) is 40.8 Å². The largest absolute Gasteiger partial charge is 0.331 e. The minimum Gasteiger partial charge on any atom is -0.331 e. The number of nitrogens with zero attached hydrogens (tertiary/aromatic N) is 5. The number of imidazole rings is 1. The molecule has 8 rings (SSSR count). The molecule has 12 heteroatoms. The van der Waals surface area contributed by atoms with Crippen LogP contribution in [-0.4, -0.2) is 49.5 Å². The molecule has 3 aliphatic rings. The van der Waals surface area contributed by atoms with Gasteiger partial charge in [0.25, 0.3) is 5.91 Å². The molecular weight excluding hydrogens is 632 g/mol. The number of carbonyl (C=O) groups excluding carboxylic acids is 1. The number of hydrogen-bond acceptors (Lipinski definition) is 6. The monoisotopic (exact) mass is 663 g/mol. The molecule has 232 valence electrons. The molecule has 0 bridgehead atoms. The Bertz CT molecular complexity index is 1880. The van der Waals surface area contributed by atoms with Crippen molar-refractivity contribution in [3.05, 3.63) is 81.4 Å². The highest BCUT2D eigenvalue weighted by atomic mass is 35.5. The lowest BCUT2D eigenvalue weighted by Crippen LogP contribution is -2.35. The van der Waals surface area contributed by atoms with E-state index >= 15 is 0 Å². The van der Waals surface area contributed by atoms with E-state index in [0.29, 0.717) is 48.8 Å². The smallest absolute Gasteiger partial charge is 0.257 e. The van der Waals surface area contributed by atoms with Crippen molar-refractivity contribution in [3.63, 3.8) is 0 Å². The summed E-state index contributed by atoms with van der Waals surface area (Å²) in [5, 5.41) is 15.0. The van der Waals surface area contributed by atoms with Crippen molar-refractivity contribution in [2.24, 2.45) is 5.41 Å². The number of piperidine rings is 1. The number of thiazole rings is 1. The fourth-order valence-corrected chi connectivity index (χ4v) is 8.73. The summed E-state index contributed by atoms with van der Waals surface area (Å²) in [5.41, 5.74) is 5.20. The minimum absolute atomic E-state index is 0.178. The Balaban J connectivity index is 1.13. The zero-order chi connectivity index (χ0) is 30.7. The molecule has 2 unspecified atom stereocenters. The molecule has 3 atom stereocenters. The summed E-state index contributed by atoms with van der Waals surface area (Å²) in [6, 6.07) is 9.57. The first kappa shape index (κ1) is 29.1. The summed E-state index contributed by atoms with van der Waals surface area (Å²) in [6.45, 7) is 2.47. The van der Waals surface area contributed by atoms with Crippen LogP contribution in [0.5, 0.6) is 0 Å². The van der Waals surface area contributed by atoms with E-state index in [1.807, 2.05) is 6.07 Å². The lowest BCUT2D eigenvalue weighted by molar-refractivity contribution is -0.118. The highest BCUT2D eigenvalue weighted by Crippen LogP contribution is 2.51. The van der Waals surface area contributed by atoms with Crippen LogP contribution in [0.15, 0.2) is 54.4 Å². The van der Waals surface area contributed by atoms with Gasteiger partial charge in [0.1, 0.15) is 11.7 Å². The van der Waals surface area contributed by atoms with Gasteiger partial charge in [-0.05, 0) is 73.7 Å². The molecule has 1 saturated heterocycles. The average molecular weight is 665 g/mol. The van der Waals surface area contributed by atoms with Crippen LogP contribution in [0.25, 0.3) is 22.0 Å². The number of hydrogen-bond donors (Lipinski definition) is 2. The van der Waals surface area contributed by atoms with E-state index in [-0.39, 0.29) is 18.9 Å². The van der Waals surface area contributed by atoms with Gasteiger partial charge in [0.2, 0.25) is 0 Å².